The largest absolute Gasteiger partial charge is 0.264 e. The maximum Gasteiger partial charge on any atom is 0.238 e. The second kappa shape index (κ2) is 3.73. The van der Waals surface area contributed by atoms with E-state index in [2.05, 4.69) is 20.4 Å². The predicted molar refractivity (Wildman–Crippen MR) is 52.0 cm³/mol. The molecule has 0 aromatic carbocycles. The fourth-order valence-corrected chi connectivity index (χ4v) is 1.56. The van der Waals surface area contributed by atoms with Gasteiger partial charge in [0.2, 0.25) is 6.04 Å². The molecule has 1 aliphatic rings. The van der Waals surface area contributed by atoms with Crippen LogP contribution in [0.15, 0.2) is 24.3 Å². The summed E-state index contributed by atoms with van der Waals surface area (Å²) < 4.78 is 0. The van der Waals surface area contributed by atoms with Gasteiger partial charge in [-0.2, -0.15) is 0 Å². The van der Waals surface area contributed by atoms with Gasteiger partial charge in [0.05, 0.1) is 0 Å². The normalized spacial score (nSPS) is 28.1. The second-order valence-electron chi connectivity index (χ2n) is 3.88. The lowest BCUT2D eigenvalue weighted by atomic mass is 9.82. The molecule has 1 rings (SSSR count). The van der Waals surface area contributed by atoms with E-state index < -0.39 is 6.04 Å². The van der Waals surface area contributed by atoms with Crippen molar-refractivity contribution in [3.8, 4) is 0 Å². The van der Waals surface area contributed by atoms with Crippen molar-refractivity contribution in [1.29, 1.82) is 0 Å². The Kier molecular flexibility index (Phi) is 2.86. The summed E-state index contributed by atoms with van der Waals surface area (Å²) in [6.07, 6.45) is 4.43. The number of nitrogens with zero attached hydrogens (tertiary/aromatic N) is 1. The van der Waals surface area contributed by atoms with E-state index in [-0.39, 0.29) is 4.92 Å². The van der Waals surface area contributed by atoms with Crippen molar-refractivity contribution in [3.05, 3.63) is 34.4 Å². The van der Waals surface area contributed by atoms with Crippen LogP contribution in [0.25, 0.3) is 0 Å². The molecule has 0 spiro atoms. The predicted octanol–water partition coefficient (Wildman–Crippen LogP) is 2.42. The summed E-state index contributed by atoms with van der Waals surface area (Å²) in [5.41, 5.74) is 0.627. The van der Waals surface area contributed by atoms with E-state index in [4.69, 9.17) is 0 Å². The van der Waals surface area contributed by atoms with E-state index in [0.717, 1.165) is 0 Å². The van der Waals surface area contributed by atoms with Gasteiger partial charge >= 0.3 is 0 Å². The molecule has 72 valence electrons. The first-order valence-corrected chi connectivity index (χ1v) is 4.53. The fourth-order valence-electron chi connectivity index (χ4n) is 1.56. The van der Waals surface area contributed by atoms with Crippen LogP contribution in [0.2, 0.25) is 0 Å². The van der Waals surface area contributed by atoms with Gasteiger partial charge in [0.1, 0.15) is 0 Å². The maximum atomic E-state index is 10.6. The lowest BCUT2D eigenvalue weighted by molar-refractivity contribution is -0.513. The zero-order valence-electron chi connectivity index (χ0n) is 8.06. The molecular weight excluding hydrogens is 166 g/mol. The number of hydrogen-bond donors (Lipinski definition) is 0. The van der Waals surface area contributed by atoms with Gasteiger partial charge in [0.25, 0.3) is 0 Å². The van der Waals surface area contributed by atoms with E-state index in [9.17, 15) is 10.1 Å². The van der Waals surface area contributed by atoms with Gasteiger partial charge in [-0.05, 0) is 11.8 Å². The lowest BCUT2D eigenvalue weighted by Gasteiger charge is -2.23. The summed E-state index contributed by atoms with van der Waals surface area (Å²) in [5, 5.41) is 10.6. The third-order valence-corrected chi connectivity index (χ3v) is 2.59. The molecule has 2 atom stereocenters. The SMILES string of the molecule is C=C1C=C[C@@H](C(C)C)C[C@H]1[N+](=O)[O-]. The Labute approximate surface area is 78.3 Å². The first-order valence-electron chi connectivity index (χ1n) is 4.53. The highest BCUT2D eigenvalue weighted by molar-refractivity contribution is 5.24. The summed E-state index contributed by atoms with van der Waals surface area (Å²) in [6, 6.07) is -0.572. The van der Waals surface area contributed by atoms with Gasteiger partial charge in [-0.25, -0.2) is 0 Å². The molecule has 0 saturated carbocycles. The lowest BCUT2D eigenvalue weighted by Crippen LogP contribution is -2.28. The smallest absolute Gasteiger partial charge is 0.238 e. The molecule has 3 heteroatoms. The molecule has 0 bridgehead atoms. The minimum absolute atomic E-state index is 0.235. The summed E-state index contributed by atoms with van der Waals surface area (Å²) in [7, 11) is 0. The van der Waals surface area contributed by atoms with Gasteiger partial charge in [0.15, 0.2) is 0 Å². The Morgan fingerprint density at radius 1 is 1.69 bits per heavy atom. The molecule has 0 aromatic heterocycles. The third kappa shape index (κ3) is 2.17. The maximum absolute atomic E-state index is 10.6. The summed E-state index contributed by atoms with van der Waals surface area (Å²) in [6.45, 7) is 7.85. The second-order valence-corrected chi connectivity index (χ2v) is 3.88. The van der Waals surface area contributed by atoms with Crippen LogP contribution in [0.1, 0.15) is 20.3 Å². The van der Waals surface area contributed by atoms with Crippen LogP contribution in [0.3, 0.4) is 0 Å². The highest BCUT2D eigenvalue weighted by Gasteiger charge is 2.30. The molecule has 0 saturated heterocycles. The molecule has 13 heavy (non-hydrogen) atoms. The molecule has 0 radical (unpaired) electrons. The molecule has 0 heterocycles. The Bertz CT molecular complexity index is 256. The number of hydrogen-bond acceptors (Lipinski definition) is 2. The average Bonchev–Trinajstić information content (AvgIpc) is 2.04. The summed E-state index contributed by atoms with van der Waals surface area (Å²) in [4.78, 5) is 10.4. The molecule has 1 aliphatic carbocycles. The average molecular weight is 181 g/mol. The minimum atomic E-state index is -0.572. The Hall–Kier alpha value is -1.12. The monoisotopic (exact) mass is 181 g/mol. The zero-order chi connectivity index (χ0) is 10.0. The van der Waals surface area contributed by atoms with Gasteiger partial charge in [-0.1, -0.05) is 32.6 Å². The van der Waals surface area contributed by atoms with Crippen LogP contribution in [0, 0.1) is 22.0 Å². The van der Waals surface area contributed by atoms with Crippen LogP contribution < -0.4 is 0 Å². The van der Waals surface area contributed by atoms with E-state index >= 15 is 0 Å². The standard InChI is InChI=1S/C10H15NO2/c1-7(2)9-5-4-8(3)10(6-9)11(12)13/h4-5,7,9-10H,3,6H2,1-2H3/t9-,10-/m1/s1. The third-order valence-electron chi connectivity index (χ3n) is 2.59. The van der Waals surface area contributed by atoms with Gasteiger partial charge < -0.3 is 0 Å². The van der Waals surface area contributed by atoms with E-state index in [1.165, 1.54) is 0 Å². The molecule has 3 nitrogen and oxygen atoms in total. The zero-order valence-corrected chi connectivity index (χ0v) is 8.06. The van der Waals surface area contributed by atoms with E-state index in [1.807, 2.05) is 6.08 Å². The topological polar surface area (TPSA) is 43.1 Å². The highest BCUT2D eigenvalue weighted by atomic mass is 16.6. The van der Waals surface area contributed by atoms with Crippen molar-refractivity contribution in [2.24, 2.45) is 11.8 Å². The van der Waals surface area contributed by atoms with Crippen molar-refractivity contribution in [3.63, 3.8) is 0 Å². The Morgan fingerprint density at radius 3 is 2.77 bits per heavy atom. The summed E-state index contributed by atoms with van der Waals surface area (Å²) in [5.74, 6) is 0.785. The first-order chi connectivity index (χ1) is 6.02. The quantitative estimate of drug-likeness (QED) is 0.485. The first kappa shape index (κ1) is 9.96. The van der Waals surface area contributed by atoms with Crippen molar-refractivity contribution in [2.75, 3.05) is 0 Å². The molecule has 0 fully saturated rings. The van der Waals surface area contributed by atoms with Gasteiger partial charge in [-0.3, -0.25) is 10.1 Å². The van der Waals surface area contributed by atoms with E-state index in [1.54, 1.807) is 6.08 Å². The van der Waals surface area contributed by atoms with Crippen LogP contribution in [0.5, 0.6) is 0 Å². The van der Waals surface area contributed by atoms with Gasteiger partial charge in [-0.15, -0.1) is 0 Å². The van der Waals surface area contributed by atoms with Crippen LogP contribution in [-0.2, 0) is 0 Å². The number of allylic oxidation sites excluding steroid dienone is 1. The van der Waals surface area contributed by atoms with E-state index in [0.29, 0.717) is 23.8 Å². The molecule has 0 amide bonds. The number of rotatable bonds is 2. The van der Waals surface area contributed by atoms with Crippen LogP contribution >= 0.6 is 0 Å². The van der Waals surface area contributed by atoms with Crippen molar-refractivity contribution < 1.29 is 4.92 Å². The molecular formula is C10H15NO2. The minimum Gasteiger partial charge on any atom is -0.264 e. The van der Waals surface area contributed by atoms with Crippen molar-refractivity contribution in [1.82, 2.24) is 0 Å². The molecule has 0 aliphatic heterocycles. The highest BCUT2D eigenvalue weighted by Crippen LogP contribution is 2.28. The van der Waals surface area contributed by atoms with Gasteiger partial charge in [0, 0.05) is 16.9 Å². The molecule has 0 N–H and O–H groups in total. The van der Waals surface area contributed by atoms with Crippen LogP contribution in [-0.4, -0.2) is 11.0 Å². The van der Waals surface area contributed by atoms with Crippen LogP contribution in [0.4, 0.5) is 0 Å². The molecule has 0 unspecified atom stereocenters. The summed E-state index contributed by atoms with van der Waals surface area (Å²) >= 11 is 0. The Morgan fingerprint density at radius 2 is 2.31 bits per heavy atom. The number of nitro groups is 1. The fraction of sp³-hybridized carbons (Fsp3) is 0.600. The van der Waals surface area contributed by atoms with Crippen molar-refractivity contribution >= 4 is 0 Å². The molecule has 0 aromatic rings. The van der Waals surface area contributed by atoms with Crippen molar-refractivity contribution in [2.45, 2.75) is 26.3 Å². The Balaban J connectivity index is 2.76.